The largest absolute Gasteiger partial charge is 0.392 e. The summed E-state index contributed by atoms with van der Waals surface area (Å²) in [5, 5.41) is 8.52. The Morgan fingerprint density at radius 3 is 2.92 bits per heavy atom. The fourth-order valence-electron chi connectivity index (χ4n) is 0.981. The molecule has 1 aromatic heterocycles. The van der Waals surface area contributed by atoms with Crippen LogP contribution in [0.4, 0.5) is 5.82 Å². The van der Waals surface area contributed by atoms with Crippen LogP contribution in [0.5, 0.6) is 0 Å². The van der Waals surface area contributed by atoms with E-state index in [4.69, 9.17) is 10.8 Å². The van der Waals surface area contributed by atoms with Crippen molar-refractivity contribution >= 4 is 11.9 Å². The number of aromatic nitrogens is 1. The third-order valence-electron chi connectivity index (χ3n) is 1.40. The Kier molecular flexibility index (Phi) is 2.82. The van der Waals surface area contributed by atoms with Crippen molar-refractivity contribution in [3.8, 4) is 0 Å². The first-order chi connectivity index (χ1) is 5.72. The van der Waals surface area contributed by atoms with E-state index in [1.54, 1.807) is 18.2 Å². The first-order valence-corrected chi connectivity index (χ1v) is 3.74. The average molecular weight is 164 g/mol. The molecule has 0 aromatic carbocycles. The normalized spacial score (nSPS) is 10.8. The smallest absolute Gasteiger partial charge is 0.124 e. The Morgan fingerprint density at radius 1 is 1.58 bits per heavy atom. The number of aliphatic hydroxyl groups excluding tert-OH is 1. The van der Waals surface area contributed by atoms with Crippen LogP contribution in [0.3, 0.4) is 0 Å². The van der Waals surface area contributed by atoms with Gasteiger partial charge >= 0.3 is 0 Å². The molecule has 12 heavy (non-hydrogen) atoms. The van der Waals surface area contributed by atoms with Gasteiger partial charge in [-0.2, -0.15) is 0 Å². The van der Waals surface area contributed by atoms with Crippen LogP contribution in [0, 0.1) is 6.92 Å². The zero-order valence-electron chi connectivity index (χ0n) is 6.99. The summed E-state index contributed by atoms with van der Waals surface area (Å²) in [4.78, 5) is 4.05. The molecule has 0 aliphatic heterocycles. The van der Waals surface area contributed by atoms with Crippen molar-refractivity contribution in [2.75, 3.05) is 12.3 Å². The van der Waals surface area contributed by atoms with Gasteiger partial charge in [0.25, 0.3) is 0 Å². The molecule has 0 aliphatic rings. The molecule has 0 saturated heterocycles. The van der Waals surface area contributed by atoms with Gasteiger partial charge in [0.05, 0.1) is 12.3 Å². The van der Waals surface area contributed by atoms with Gasteiger partial charge in [0.2, 0.25) is 0 Å². The zero-order chi connectivity index (χ0) is 8.97. The maximum atomic E-state index is 8.52. The predicted octanol–water partition coefficient (Wildman–Crippen LogP) is 0.978. The molecule has 0 atom stereocenters. The quantitative estimate of drug-likeness (QED) is 0.685. The average Bonchev–Trinajstić information content (AvgIpc) is 1.99. The Labute approximate surface area is 71.6 Å². The van der Waals surface area contributed by atoms with Crippen LogP contribution in [-0.4, -0.2) is 16.7 Å². The molecule has 0 aliphatic carbocycles. The summed E-state index contributed by atoms with van der Waals surface area (Å²) in [6.45, 7) is 1.98. The highest BCUT2D eigenvalue weighted by molar-refractivity contribution is 5.49. The summed E-state index contributed by atoms with van der Waals surface area (Å²) < 4.78 is 0. The van der Waals surface area contributed by atoms with Gasteiger partial charge < -0.3 is 10.8 Å². The molecule has 0 bridgehead atoms. The second-order valence-electron chi connectivity index (χ2n) is 2.58. The van der Waals surface area contributed by atoms with E-state index in [1.165, 1.54) is 0 Å². The highest BCUT2D eigenvalue weighted by atomic mass is 16.2. The van der Waals surface area contributed by atoms with E-state index in [-0.39, 0.29) is 6.61 Å². The van der Waals surface area contributed by atoms with E-state index >= 15 is 0 Å². The number of aryl methyl sites for hydroxylation is 1. The van der Waals surface area contributed by atoms with Crippen LogP contribution in [0.25, 0.3) is 6.08 Å². The third-order valence-corrected chi connectivity index (χ3v) is 1.40. The monoisotopic (exact) mass is 164 g/mol. The van der Waals surface area contributed by atoms with Gasteiger partial charge in [0, 0.05) is 0 Å². The molecule has 0 unspecified atom stereocenters. The number of rotatable bonds is 2. The lowest BCUT2D eigenvalue weighted by molar-refractivity contribution is 0.343. The third kappa shape index (κ3) is 2.36. The molecule has 3 heteroatoms. The maximum absolute atomic E-state index is 8.52. The van der Waals surface area contributed by atoms with Crippen molar-refractivity contribution in [2.45, 2.75) is 6.92 Å². The molecule has 3 nitrogen and oxygen atoms in total. The number of hydrogen-bond acceptors (Lipinski definition) is 3. The van der Waals surface area contributed by atoms with Gasteiger partial charge in [-0.15, -0.1) is 0 Å². The van der Waals surface area contributed by atoms with Gasteiger partial charge in [0.15, 0.2) is 0 Å². The standard InChI is InChI=1S/C9H12N2O/c1-7-5-8(3-2-4-12)11-9(10)6-7/h2-3,5-6,12H,4H2,1H3,(H2,10,11). The molecule has 64 valence electrons. The summed E-state index contributed by atoms with van der Waals surface area (Å²) >= 11 is 0. The fraction of sp³-hybridized carbons (Fsp3) is 0.222. The molecule has 3 N–H and O–H groups in total. The van der Waals surface area contributed by atoms with E-state index in [0.29, 0.717) is 5.82 Å². The highest BCUT2D eigenvalue weighted by Gasteiger charge is 1.92. The SMILES string of the molecule is Cc1cc(N)nc(C=CCO)c1. The predicted molar refractivity (Wildman–Crippen MR) is 49.5 cm³/mol. The van der Waals surface area contributed by atoms with Crippen molar-refractivity contribution in [1.29, 1.82) is 0 Å². The molecule has 0 radical (unpaired) electrons. The molecule has 0 spiro atoms. The second-order valence-corrected chi connectivity index (χ2v) is 2.58. The van der Waals surface area contributed by atoms with Crippen molar-refractivity contribution in [1.82, 2.24) is 4.98 Å². The Bertz CT molecular complexity index is 274. The zero-order valence-corrected chi connectivity index (χ0v) is 6.99. The van der Waals surface area contributed by atoms with E-state index in [2.05, 4.69) is 4.98 Å². The Balaban J connectivity index is 2.93. The molecule has 1 aromatic rings. The topological polar surface area (TPSA) is 59.1 Å². The fourth-order valence-corrected chi connectivity index (χ4v) is 0.981. The number of aliphatic hydroxyl groups is 1. The van der Waals surface area contributed by atoms with Gasteiger partial charge in [-0.25, -0.2) is 4.98 Å². The van der Waals surface area contributed by atoms with Crippen molar-refractivity contribution < 1.29 is 5.11 Å². The number of anilines is 1. The van der Waals surface area contributed by atoms with Crippen LogP contribution < -0.4 is 5.73 Å². The highest BCUT2D eigenvalue weighted by Crippen LogP contribution is 2.07. The van der Waals surface area contributed by atoms with Gasteiger partial charge in [-0.3, -0.25) is 0 Å². The minimum atomic E-state index is 0.0233. The number of nitrogens with two attached hydrogens (primary N) is 1. The molecule has 1 rings (SSSR count). The molecular formula is C9H12N2O. The lowest BCUT2D eigenvalue weighted by atomic mass is 10.2. The number of nitrogens with zero attached hydrogens (tertiary/aromatic N) is 1. The minimum Gasteiger partial charge on any atom is -0.392 e. The number of pyridine rings is 1. The van der Waals surface area contributed by atoms with Crippen molar-refractivity contribution in [3.63, 3.8) is 0 Å². The lowest BCUT2D eigenvalue weighted by Crippen LogP contribution is -1.92. The summed E-state index contributed by atoms with van der Waals surface area (Å²) in [5.41, 5.74) is 7.37. The first-order valence-electron chi connectivity index (χ1n) is 3.74. The maximum Gasteiger partial charge on any atom is 0.124 e. The van der Waals surface area contributed by atoms with Crippen LogP contribution >= 0.6 is 0 Å². The Hall–Kier alpha value is -1.35. The van der Waals surface area contributed by atoms with Crippen LogP contribution in [-0.2, 0) is 0 Å². The van der Waals surface area contributed by atoms with Gasteiger partial charge in [-0.1, -0.05) is 6.08 Å². The molecule has 1 heterocycles. The van der Waals surface area contributed by atoms with Crippen molar-refractivity contribution in [3.05, 3.63) is 29.5 Å². The van der Waals surface area contributed by atoms with E-state index < -0.39 is 0 Å². The van der Waals surface area contributed by atoms with Crippen molar-refractivity contribution in [2.24, 2.45) is 0 Å². The second kappa shape index (κ2) is 3.88. The molecule has 0 amide bonds. The summed E-state index contributed by atoms with van der Waals surface area (Å²) in [5.74, 6) is 0.507. The molecular weight excluding hydrogens is 152 g/mol. The molecule has 0 saturated carbocycles. The number of hydrogen-bond donors (Lipinski definition) is 2. The van der Waals surface area contributed by atoms with E-state index in [0.717, 1.165) is 11.3 Å². The molecule has 0 fully saturated rings. The van der Waals surface area contributed by atoms with Gasteiger partial charge in [0.1, 0.15) is 5.82 Å². The van der Waals surface area contributed by atoms with Crippen LogP contribution in [0.1, 0.15) is 11.3 Å². The minimum absolute atomic E-state index is 0.0233. The van der Waals surface area contributed by atoms with Crippen LogP contribution in [0.15, 0.2) is 18.2 Å². The van der Waals surface area contributed by atoms with E-state index in [1.807, 2.05) is 13.0 Å². The summed E-state index contributed by atoms with van der Waals surface area (Å²) in [7, 11) is 0. The van der Waals surface area contributed by atoms with E-state index in [9.17, 15) is 0 Å². The van der Waals surface area contributed by atoms with Crippen LogP contribution in [0.2, 0.25) is 0 Å². The number of nitrogen functional groups attached to an aromatic ring is 1. The lowest BCUT2D eigenvalue weighted by Gasteiger charge is -1.97. The first kappa shape index (κ1) is 8.74. The summed E-state index contributed by atoms with van der Waals surface area (Å²) in [6, 6.07) is 3.71. The van der Waals surface area contributed by atoms with Gasteiger partial charge in [-0.05, 0) is 30.7 Å². The Morgan fingerprint density at radius 2 is 2.33 bits per heavy atom. The summed E-state index contributed by atoms with van der Waals surface area (Å²) in [6.07, 6.45) is 3.37.